The van der Waals surface area contributed by atoms with Gasteiger partial charge in [0.2, 0.25) is 10.0 Å². The molecule has 0 saturated carbocycles. The normalized spacial score (nSPS) is 11.6. The maximum atomic E-state index is 12.7. The summed E-state index contributed by atoms with van der Waals surface area (Å²) in [5, 5.41) is 2.97. The fourth-order valence-electron chi connectivity index (χ4n) is 3.09. The Morgan fingerprint density at radius 2 is 1.53 bits per heavy atom. The number of nitrogens with zero attached hydrogens (tertiary/aromatic N) is 1. The molecular weight excluding hydrogens is 521 g/mol. The average Bonchev–Trinajstić information content (AvgIpc) is 2.77. The number of hydrogen-bond donors (Lipinski definition) is 2. The summed E-state index contributed by atoms with van der Waals surface area (Å²) in [7, 11) is -7.36. The Bertz CT molecular complexity index is 1410. The first-order chi connectivity index (χ1) is 15.9. The molecule has 3 rings (SSSR count). The van der Waals surface area contributed by atoms with Crippen molar-refractivity contribution in [2.45, 2.75) is 11.8 Å². The third-order valence-corrected chi connectivity index (χ3v) is 8.19. The molecule has 0 aliphatic rings. The third-order valence-electron chi connectivity index (χ3n) is 4.72. The minimum absolute atomic E-state index is 0.0358. The van der Waals surface area contributed by atoms with Gasteiger partial charge in [0.15, 0.2) is 0 Å². The number of benzene rings is 3. The molecule has 0 heterocycles. The molecular formula is C22H21Cl2N3O5S2. The molecule has 0 spiro atoms. The molecule has 0 aliphatic carbocycles. The maximum Gasteiger partial charge on any atom is 0.261 e. The van der Waals surface area contributed by atoms with Crippen LogP contribution in [0.2, 0.25) is 10.0 Å². The predicted molar refractivity (Wildman–Crippen MR) is 136 cm³/mol. The van der Waals surface area contributed by atoms with E-state index >= 15 is 0 Å². The highest BCUT2D eigenvalue weighted by molar-refractivity contribution is 7.92. The first kappa shape index (κ1) is 25.8. The molecule has 34 heavy (non-hydrogen) atoms. The van der Waals surface area contributed by atoms with Gasteiger partial charge in [-0.1, -0.05) is 29.3 Å². The monoisotopic (exact) mass is 541 g/mol. The van der Waals surface area contributed by atoms with Crippen LogP contribution in [0, 0.1) is 0 Å². The van der Waals surface area contributed by atoms with Crippen molar-refractivity contribution in [1.29, 1.82) is 0 Å². The van der Waals surface area contributed by atoms with Crippen molar-refractivity contribution in [1.82, 2.24) is 0 Å². The Balaban J connectivity index is 1.72. The van der Waals surface area contributed by atoms with E-state index in [4.69, 9.17) is 23.2 Å². The topological polar surface area (TPSA) is 113 Å². The highest BCUT2D eigenvalue weighted by Gasteiger charge is 2.18. The van der Waals surface area contributed by atoms with Crippen molar-refractivity contribution in [2.75, 3.05) is 27.1 Å². The molecule has 0 unspecified atom stereocenters. The van der Waals surface area contributed by atoms with Crippen LogP contribution < -0.4 is 14.3 Å². The quantitative estimate of drug-likeness (QED) is 0.423. The van der Waals surface area contributed by atoms with Crippen molar-refractivity contribution in [3.05, 3.63) is 82.3 Å². The number of hydrogen-bond acceptors (Lipinski definition) is 5. The van der Waals surface area contributed by atoms with Gasteiger partial charge in [0, 0.05) is 17.8 Å². The van der Waals surface area contributed by atoms with Gasteiger partial charge in [-0.25, -0.2) is 16.8 Å². The zero-order valence-corrected chi connectivity index (χ0v) is 21.3. The van der Waals surface area contributed by atoms with Crippen molar-refractivity contribution >= 4 is 66.2 Å². The van der Waals surface area contributed by atoms with Gasteiger partial charge in [-0.05, 0) is 67.6 Å². The molecule has 2 N–H and O–H groups in total. The van der Waals surface area contributed by atoms with Crippen LogP contribution in [-0.2, 0) is 20.0 Å². The van der Waals surface area contributed by atoms with E-state index in [-0.39, 0.29) is 27.2 Å². The van der Waals surface area contributed by atoms with E-state index in [1.54, 1.807) is 25.1 Å². The SMILES string of the molecule is CCN(c1ccc(C(=O)Nc2ccc(S(=O)(=O)Nc3cccc(Cl)c3Cl)cc2)cc1)S(C)(=O)=O. The van der Waals surface area contributed by atoms with Gasteiger partial charge in [0.05, 0.1) is 32.6 Å². The molecule has 0 fully saturated rings. The van der Waals surface area contributed by atoms with E-state index in [0.29, 0.717) is 16.9 Å². The minimum atomic E-state index is -3.94. The van der Waals surface area contributed by atoms with Crippen LogP contribution >= 0.6 is 23.2 Å². The Hall–Kier alpha value is -2.79. The molecule has 0 saturated heterocycles. The summed E-state index contributed by atoms with van der Waals surface area (Å²) in [5.41, 5.74) is 1.28. The molecule has 0 aliphatic heterocycles. The summed E-state index contributed by atoms with van der Waals surface area (Å²) < 4.78 is 52.6. The number of rotatable bonds is 8. The van der Waals surface area contributed by atoms with Crippen molar-refractivity contribution in [3.63, 3.8) is 0 Å². The lowest BCUT2D eigenvalue weighted by atomic mass is 10.2. The van der Waals surface area contributed by atoms with Crippen LogP contribution in [0.1, 0.15) is 17.3 Å². The molecule has 12 heteroatoms. The van der Waals surface area contributed by atoms with E-state index in [2.05, 4.69) is 10.0 Å². The summed E-state index contributed by atoms with van der Waals surface area (Å²) in [4.78, 5) is 12.5. The van der Waals surface area contributed by atoms with E-state index in [1.165, 1.54) is 52.8 Å². The van der Waals surface area contributed by atoms with E-state index in [0.717, 1.165) is 6.26 Å². The van der Waals surface area contributed by atoms with Gasteiger partial charge in [-0.15, -0.1) is 0 Å². The number of carbonyl (C=O) groups excluding carboxylic acids is 1. The zero-order valence-electron chi connectivity index (χ0n) is 18.1. The van der Waals surface area contributed by atoms with Gasteiger partial charge in [-0.3, -0.25) is 13.8 Å². The maximum absolute atomic E-state index is 12.7. The summed E-state index contributed by atoms with van der Waals surface area (Å²) in [6.45, 7) is 1.97. The molecule has 3 aromatic rings. The zero-order chi connectivity index (χ0) is 25.1. The molecule has 180 valence electrons. The van der Waals surface area contributed by atoms with E-state index in [1.807, 2.05) is 0 Å². The smallest absolute Gasteiger partial charge is 0.261 e. The number of carbonyl (C=O) groups is 1. The number of halogens is 2. The number of sulfonamides is 2. The number of nitrogens with one attached hydrogen (secondary N) is 2. The largest absolute Gasteiger partial charge is 0.322 e. The second kappa shape index (κ2) is 10.2. The second-order valence-corrected chi connectivity index (χ2v) is 11.5. The van der Waals surface area contributed by atoms with Crippen molar-refractivity contribution in [3.8, 4) is 0 Å². The summed E-state index contributed by atoms with van der Waals surface area (Å²) in [5.74, 6) is -0.437. The van der Waals surface area contributed by atoms with Crippen molar-refractivity contribution < 1.29 is 21.6 Å². The highest BCUT2D eigenvalue weighted by atomic mass is 35.5. The van der Waals surface area contributed by atoms with Gasteiger partial charge >= 0.3 is 0 Å². The van der Waals surface area contributed by atoms with Gasteiger partial charge in [0.1, 0.15) is 0 Å². The Morgan fingerprint density at radius 3 is 2.09 bits per heavy atom. The summed E-state index contributed by atoms with van der Waals surface area (Å²) in [6.07, 6.45) is 1.11. The molecule has 3 aromatic carbocycles. The Morgan fingerprint density at radius 1 is 0.912 bits per heavy atom. The van der Waals surface area contributed by atoms with Crippen LogP contribution in [0.5, 0.6) is 0 Å². The van der Waals surface area contributed by atoms with Gasteiger partial charge < -0.3 is 5.32 Å². The molecule has 0 aromatic heterocycles. The van der Waals surface area contributed by atoms with Crippen LogP contribution in [-0.4, -0.2) is 35.5 Å². The van der Waals surface area contributed by atoms with Crippen LogP contribution in [0.15, 0.2) is 71.6 Å². The Kier molecular flexibility index (Phi) is 7.77. The molecule has 0 bridgehead atoms. The van der Waals surface area contributed by atoms with E-state index < -0.39 is 26.0 Å². The van der Waals surface area contributed by atoms with Crippen molar-refractivity contribution in [2.24, 2.45) is 0 Å². The fourth-order valence-corrected chi connectivity index (χ4v) is 5.54. The van der Waals surface area contributed by atoms with Gasteiger partial charge in [0.25, 0.3) is 15.9 Å². The minimum Gasteiger partial charge on any atom is -0.322 e. The number of anilines is 3. The van der Waals surface area contributed by atoms with Crippen LogP contribution in [0.3, 0.4) is 0 Å². The molecule has 8 nitrogen and oxygen atoms in total. The molecule has 0 atom stereocenters. The van der Waals surface area contributed by atoms with E-state index in [9.17, 15) is 21.6 Å². The average molecular weight is 542 g/mol. The molecule has 1 amide bonds. The van der Waals surface area contributed by atoms with Crippen LogP contribution in [0.25, 0.3) is 0 Å². The van der Waals surface area contributed by atoms with Gasteiger partial charge in [-0.2, -0.15) is 0 Å². The Labute approximate surface area is 208 Å². The lowest BCUT2D eigenvalue weighted by Gasteiger charge is -2.20. The molecule has 0 radical (unpaired) electrons. The first-order valence-electron chi connectivity index (χ1n) is 9.88. The summed E-state index contributed by atoms with van der Waals surface area (Å²) >= 11 is 12.0. The van der Waals surface area contributed by atoms with Crippen LogP contribution in [0.4, 0.5) is 17.1 Å². The lowest BCUT2D eigenvalue weighted by Crippen LogP contribution is -2.29. The number of amides is 1. The third kappa shape index (κ3) is 6.01. The second-order valence-electron chi connectivity index (χ2n) is 7.16. The summed E-state index contributed by atoms with van der Waals surface area (Å²) in [6, 6.07) is 16.3. The highest BCUT2D eigenvalue weighted by Crippen LogP contribution is 2.31. The predicted octanol–water partition coefficient (Wildman–Crippen LogP) is 4.83. The lowest BCUT2D eigenvalue weighted by molar-refractivity contribution is 0.102. The first-order valence-corrected chi connectivity index (χ1v) is 14.0. The fraction of sp³-hybridized carbons (Fsp3) is 0.136. The standard InChI is InChI=1S/C22H21Cl2N3O5S2/c1-3-27(33(2,29)30)17-11-7-15(8-12-17)22(28)25-16-9-13-18(14-10-16)34(31,32)26-20-6-4-5-19(23)21(20)24/h4-14,26H,3H2,1-2H3,(H,25,28).